The van der Waals surface area contributed by atoms with E-state index in [1.54, 1.807) is 11.5 Å². The number of halogens is 1. The average Bonchev–Trinajstić information content (AvgIpc) is 2.72. The summed E-state index contributed by atoms with van der Waals surface area (Å²) in [5, 5.41) is 18.5. The molecule has 0 aliphatic carbocycles. The van der Waals surface area contributed by atoms with Crippen molar-refractivity contribution in [2.75, 3.05) is 0 Å². The first-order valence-electron chi connectivity index (χ1n) is 5.37. The summed E-state index contributed by atoms with van der Waals surface area (Å²) >= 11 is 0. The molecule has 0 saturated heterocycles. The number of aromatic amines is 1. The van der Waals surface area contributed by atoms with E-state index in [9.17, 15) is 19.3 Å². The maximum absolute atomic E-state index is 13.7. The lowest BCUT2D eigenvalue weighted by Crippen LogP contribution is -2.41. The van der Waals surface area contributed by atoms with Crippen LogP contribution in [0.1, 0.15) is 5.56 Å². The monoisotopic (exact) mass is 267 g/mol. The Kier molecular flexibility index (Phi) is 3.32. The Bertz CT molecular complexity index is 640. The van der Waals surface area contributed by atoms with Gasteiger partial charge in [-0.15, -0.1) is 5.43 Å². The molecule has 100 valence electrons. The average molecular weight is 267 g/mol. The van der Waals surface area contributed by atoms with Crippen LogP contribution in [0.2, 0.25) is 0 Å². The van der Waals surface area contributed by atoms with Crippen LogP contribution < -0.4 is 5.43 Å². The molecule has 1 atom stereocenters. The van der Waals surface area contributed by atoms with Crippen LogP contribution in [0, 0.1) is 15.9 Å². The molecule has 2 aromatic rings. The number of benzene rings is 1. The summed E-state index contributed by atoms with van der Waals surface area (Å²) < 4.78 is 13.7. The Morgan fingerprint density at radius 2 is 2.32 bits per heavy atom. The number of nitrogens with one attached hydrogen (secondary N) is 2. The van der Waals surface area contributed by atoms with Gasteiger partial charge in [0.25, 0.3) is 0 Å². The van der Waals surface area contributed by atoms with Crippen molar-refractivity contribution in [2.24, 2.45) is 0 Å². The number of carboxylic acid groups (broad SMARTS) is 1. The van der Waals surface area contributed by atoms with Crippen molar-refractivity contribution in [1.82, 2.24) is 10.4 Å². The number of aromatic nitrogens is 1. The van der Waals surface area contributed by atoms with Crippen LogP contribution in [0.5, 0.6) is 0 Å². The molecule has 0 spiro atoms. The fourth-order valence-corrected chi connectivity index (χ4v) is 1.90. The number of carbonyl (C=O) groups is 1. The molecule has 0 saturated carbocycles. The van der Waals surface area contributed by atoms with Crippen molar-refractivity contribution in [3.63, 3.8) is 0 Å². The van der Waals surface area contributed by atoms with Gasteiger partial charge in [0.05, 0.1) is 0 Å². The van der Waals surface area contributed by atoms with Gasteiger partial charge in [-0.1, -0.05) is 6.07 Å². The fourth-order valence-electron chi connectivity index (χ4n) is 1.90. The number of H-pyrrole nitrogens is 1. The second-order valence-electron chi connectivity index (χ2n) is 3.96. The van der Waals surface area contributed by atoms with Crippen molar-refractivity contribution in [1.29, 1.82) is 0 Å². The van der Waals surface area contributed by atoms with Gasteiger partial charge in [-0.2, -0.15) is 0 Å². The molecule has 8 heteroatoms. The summed E-state index contributed by atoms with van der Waals surface area (Å²) in [7, 11) is 0. The van der Waals surface area contributed by atoms with E-state index in [4.69, 9.17) is 5.11 Å². The number of hydrogen-bond donors (Lipinski definition) is 3. The first-order valence-corrected chi connectivity index (χ1v) is 5.37. The molecule has 0 unspecified atom stereocenters. The lowest BCUT2D eigenvalue weighted by atomic mass is 10.1. The molecule has 1 aromatic heterocycles. The van der Waals surface area contributed by atoms with E-state index >= 15 is 0 Å². The van der Waals surface area contributed by atoms with Gasteiger partial charge in [0, 0.05) is 23.5 Å². The van der Waals surface area contributed by atoms with Crippen LogP contribution in [0.25, 0.3) is 10.9 Å². The molecule has 7 nitrogen and oxygen atoms in total. The largest absolute Gasteiger partial charge is 0.480 e. The molecule has 0 aliphatic heterocycles. The molecule has 3 N–H and O–H groups in total. The van der Waals surface area contributed by atoms with Gasteiger partial charge >= 0.3 is 5.97 Å². The Balaban J connectivity index is 2.34. The number of carboxylic acids is 1. The van der Waals surface area contributed by atoms with E-state index < -0.39 is 22.9 Å². The smallest absolute Gasteiger partial charge is 0.332 e. The van der Waals surface area contributed by atoms with Crippen LogP contribution >= 0.6 is 0 Å². The standard InChI is InChI=1S/C11H10FN3O4/c12-7-2-1-3-8-10(7)6(5-13-8)4-9(11(16)17)14-15(18)19/h1-3,5,9,13-14H,4H2,(H,16,17)/t9-/m0/s1. The summed E-state index contributed by atoms with van der Waals surface area (Å²) in [6, 6.07) is 2.98. The summed E-state index contributed by atoms with van der Waals surface area (Å²) in [4.78, 5) is 24.0. The Hall–Kier alpha value is -2.64. The SMILES string of the molecule is O=C(O)[C@H](Cc1c[nH]c2cccc(F)c12)N[N+](=O)[O-]. The van der Waals surface area contributed by atoms with E-state index in [0.29, 0.717) is 11.1 Å². The number of hydrazine groups is 1. The molecule has 1 aromatic carbocycles. The lowest BCUT2D eigenvalue weighted by molar-refractivity contribution is -0.548. The second kappa shape index (κ2) is 4.92. The van der Waals surface area contributed by atoms with Crippen LogP contribution in [0.15, 0.2) is 24.4 Å². The van der Waals surface area contributed by atoms with E-state index in [2.05, 4.69) is 4.98 Å². The third kappa shape index (κ3) is 2.62. The van der Waals surface area contributed by atoms with Crippen molar-refractivity contribution < 1.29 is 19.3 Å². The van der Waals surface area contributed by atoms with Crippen molar-refractivity contribution in [2.45, 2.75) is 12.5 Å². The third-order valence-corrected chi connectivity index (χ3v) is 2.72. The molecular weight excluding hydrogens is 257 g/mol. The summed E-state index contributed by atoms with van der Waals surface area (Å²) in [5.74, 6) is -1.87. The zero-order valence-corrected chi connectivity index (χ0v) is 9.59. The normalized spacial score (nSPS) is 12.3. The maximum Gasteiger partial charge on any atom is 0.332 e. The minimum Gasteiger partial charge on any atom is -0.480 e. The minimum absolute atomic E-state index is 0.197. The second-order valence-corrected chi connectivity index (χ2v) is 3.96. The van der Waals surface area contributed by atoms with Crippen LogP contribution in [0.3, 0.4) is 0 Å². The summed E-state index contributed by atoms with van der Waals surface area (Å²) in [6.07, 6.45) is 1.25. The Morgan fingerprint density at radius 1 is 1.58 bits per heavy atom. The van der Waals surface area contributed by atoms with Crippen LogP contribution in [0.4, 0.5) is 4.39 Å². The van der Waals surface area contributed by atoms with Crippen LogP contribution in [-0.4, -0.2) is 27.1 Å². The van der Waals surface area contributed by atoms with E-state index in [0.717, 1.165) is 0 Å². The van der Waals surface area contributed by atoms with E-state index in [-0.39, 0.29) is 11.8 Å². The number of aliphatic carboxylic acids is 1. The Morgan fingerprint density at radius 3 is 2.95 bits per heavy atom. The van der Waals surface area contributed by atoms with Gasteiger partial charge in [0.15, 0.2) is 11.1 Å². The van der Waals surface area contributed by atoms with Gasteiger partial charge in [0.2, 0.25) is 0 Å². The van der Waals surface area contributed by atoms with Gasteiger partial charge in [-0.3, -0.25) is 0 Å². The van der Waals surface area contributed by atoms with E-state index in [1.165, 1.54) is 18.3 Å². The molecule has 19 heavy (non-hydrogen) atoms. The van der Waals surface area contributed by atoms with Gasteiger partial charge in [0.1, 0.15) is 5.82 Å². The summed E-state index contributed by atoms with van der Waals surface area (Å²) in [6.45, 7) is 0. The molecular formula is C11H10FN3O4. The minimum atomic E-state index is -1.42. The predicted molar refractivity (Wildman–Crippen MR) is 63.5 cm³/mol. The lowest BCUT2D eigenvalue weighted by Gasteiger charge is -2.08. The molecule has 0 radical (unpaired) electrons. The zero-order chi connectivity index (χ0) is 14.0. The summed E-state index contributed by atoms with van der Waals surface area (Å²) in [5.41, 5.74) is 2.57. The number of nitrogens with zero attached hydrogens (tertiary/aromatic N) is 1. The topological polar surface area (TPSA) is 108 Å². The third-order valence-electron chi connectivity index (χ3n) is 2.72. The van der Waals surface area contributed by atoms with Crippen LogP contribution in [-0.2, 0) is 11.2 Å². The molecule has 0 fully saturated rings. The van der Waals surface area contributed by atoms with Crippen molar-refractivity contribution in [3.8, 4) is 0 Å². The maximum atomic E-state index is 13.7. The highest BCUT2D eigenvalue weighted by Gasteiger charge is 2.24. The molecule has 0 amide bonds. The molecule has 0 aliphatic rings. The van der Waals surface area contributed by atoms with Gasteiger partial charge < -0.3 is 10.1 Å². The number of rotatable bonds is 5. The zero-order valence-electron chi connectivity index (χ0n) is 9.59. The first-order chi connectivity index (χ1) is 8.99. The Labute approximate surface area is 106 Å². The quantitative estimate of drug-likeness (QED) is 0.555. The predicted octanol–water partition coefficient (Wildman–Crippen LogP) is 1.08. The molecule has 1 heterocycles. The number of nitro groups is 1. The first kappa shape index (κ1) is 12.8. The molecule has 0 bridgehead atoms. The fraction of sp³-hybridized carbons (Fsp3) is 0.182. The highest BCUT2D eigenvalue weighted by molar-refractivity contribution is 5.85. The van der Waals surface area contributed by atoms with Crippen molar-refractivity contribution in [3.05, 3.63) is 45.9 Å². The van der Waals surface area contributed by atoms with E-state index in [1.807, 2.05) is 0 Å². The number of hydrogen-bond acceptors (Lipinski definition) is 3. The highest BCUT2D eigenvalue weighted by Crippen LogP contribution is 2.22. The number of fused-ring (bicyclic) bond motifs is 1. The van der Waals surface area contributed by atoms with Crippen molar-refractivity contribution >= 4 is 16.9 Å². The highest BCUT2D eigenvalue weighted by atomic mass is 19.1. The van der Waals surface area contributed by atoms with Gasteiger partial charge in [-0.05, 0) is 17.7 Å². The van der Waals surface area contributed by atoms with Gasteiger partial charge in [-0.25, -0.2) is 19.3 Å². The molecule has 2 rings (SSSR count).